The van der Waals surface area contributed by atoms with Gasteiger partial charge in [-0.25, -0.2) is 0 Å². The molecule has 0 bridgehead atoms. The number of ether oxygens (including phenoxy) is 1. The summed E-state index contributed by atoms with van der Waals surface area (Å²) >= 11 is 0. The van der Waals surface area contributed by atoms with Crippen molar-refractivity contribution in [3.05, 3.63) is 29.8 Å². The minimum Gasteiger partial charge on any atom is -0.492 e. The van der Waals surface area contributed by atoms with Crippen LogP contribution in [0.3, 0.4) is 0 Å². The maximum Gasteiger partial charge on any atom is 0.119 e. The molecule has 0 heterocycles. The Kier molecular flexibility index (Phi) is 8.26. The van der Waals surface area contributed by atoms with Gasteiger partial charge >= 0.3 is 0 Å². The van der Waals surface area contributed by atoms with Crippen molar-refractivity contribution in [1.29, 1.82) is 0 Å². The van der Waals surface area contributed by atoms with Crippen LogP contribution in [0, 0.1) is 0 Å². The molecule has 1 aromatic carbocycles. The Morgan fingerprint density at radius 2 is 1.89 bits per heavy atom. The first kappa shape index (κ1) is 16.0. The monoisotopic (exact) mass is 264 g/mol. The molecule has 0 radical (unpaired) electrons. The first-order valence-electron chi connectivity index (χ1n) is 7.44. The predicted molar refractivity (Wildman–Crippen MR) is 82.0 cm³/mol. The van der Waals surface area contributed by atoms with E-state index in [0.29, 0.717) is 0 Å². The van der Waals surface area contributed by atoms with Crippen LogP contribution in [0.4, 0.5) is 0 Å². The highest BCUT2D eigenvalue weighted by atomic mass is 16.5. The second-order valence-electron chi connectivity index (χ2n) is 4.63. The minimum absolute atomic E-state index is 0.728. The lowest BCUT2D eigenvalue weighted by Crippen LogP contribution is -2.33. The van der Waals surface area contributed by atoms with Gasteiger partial charge < -0.3 is 15.0 Å². The number of hydrogen-bond acceptors (Lipinski definition) is 3. The fourth-order valence-electron chi connectivity index (χ4n) is 2.00. The molecule has 0 aliphatic heterocycles. The van der Waals surface area contributed by atoms with E-state index < -0.39 is 0 Å². The topological polar surface area (TPSA) is 24.5 Å². The molecule has 0 aliphatic rings. The van der Waals surface area contributed by atoms with Crippen LogP contribution in [0.25, 0.3) is 0 Å². The third-order valence-corrected chi connectivity index (χ3v) is 3.35. The van der Waals surface area contributed by atoms with Crippen LogP contribution in [0.1, 0.15) is 26.3 Å². The van der Waals surface area contributed by atoms with E-state index in [-0.39, 0.29) is 0 Å². The maximum atomic E-state index is 5.73. The molecular formula is C16H28N2O. The Morgan fingerprint density at radius 3 is 2.58 bits per heavy atom. The number of aryl methyl sites for hydroxylation is 1. The van der Waals surface area contributed by atoms with Gasteiger partial charge in [-0.1, -0.05) is 32.9 Å². The van der Waals surface area contributed by atoms with Gasteiger partial charge in [-0.05, 0) is 37.2 Å². The zero-order chi connectivity index (χ0) is 13.9. The average Bonchev–Trinajstić information content (AvgIpc) is 2.47. The molecule has 108 valence electrons. The Balaban J connectivity index is 2.10. The van der Waals surface area contributed by atoms with E-state index >= 15 is 0 Å². The summed E-state index contributed by atoms with van der Waals surface area (Å²) in [5.41, 5.74) is 1.33. The van der Waals surface area contributed by atoms with Crippen LogP contribution in [0.15, 0.2) is 24.3 Å². The molecule has 0 unspecified atom stereocenters. The van der Waals surface area contributed by atoms with Gasteiger partial charge in [0.05, 0.1) is 0 Å². The third-order valence-electron chi connectivity index (χ3n) is 3.35. The van der Waals surface area contributed by atoms with Gasteiger partial charge in [0.1, 0.15) is 12.4 Å². The highest BCUT2D eigenvalue weighted by Gasteiger charge is 1.98. The molecule has 0 saturated heterocycles. The van der Waals surface area contributed by atoms with Gasteiger partial charge in [-0.15, -0.1) is 0 Å². The molecule has 0 aliphatic carbocycles. The minimum atomic E-state index is 0.728. The number of nitrogens with zero attached hydrogens (tertiary/aromatic N) is 1. The van der Waals surface area contributed by atoms with Crippen LogP contribution in [-0.2, 0) is 6.42 Å². The van der Waals surface area contributed by atoms with Gasteiger partial charge in [0.25, 0.3) is 0 Å². The molecule has 0 saturated carbocycles. The summed E-state index contributed by atoms with van der Waals surface area (Å²) in [4.78, 5) is 2.42. The van der Waals surface area contributed by atoms with Crippen molar-refractivity contribution in [1.82, 2.24) is 10.2 Å². The molecule has 3 heteroatoms. The standard InChI is InChI=1S/C16H28N2O/c1-4-15-8-7-9-16(14-15)19-13-11-17-10-12-18(5-2)6-3/h7-9,14,17H,4-6,10-13H2,1-3H3. The lowest BCUT2D eigenvalue weighted by Gasteiger charge is -2.18. The van der Waals surface area contributed by atoms with Crippen molar-refractivity contribution in [3.8, 4) is 5.75 Å². The molecule has 0 amide bonds. The molecule has 19 heavy (non-hydrogen) atoms. The van der Waals surface area contributed by atoms with E-state index in [1.165, 1.54) is 5.56 Å². The van der Waals surface area contributed by atoms with Crippen molar-refractivity contribution < 1.29 is 4.74 Å². The zero-order valence-electron chi connectivity index (χ0n) is 12.6. The van der Waals surface area contributed by atoms with Crippen LogP contribution in [0.2, 0.25) is 0 Å². The van der Waals surface area contributed by atoms with E-state index in [9.17, 15) is 0 Å². The largest absolute Gasteiger partial charge is 0.492 e. The fourth-order valence-corrected chi connectivity index (χ4v) is 2.00. The highest BCUT2D eigenvalue weighted by molar-refractivity contribution is 5.28. The molecule has 0 aromatic heterocycles. The van der Waals surface area contributed by atoms with Crippen LogP contribution < -0.4 is 10.1 Å². The number of nitrogens with one attached hydrogen (secondary N) is 1. The maximum absolute atomic E-state index is 5.73. The first-order chi connectivity index (χ1) is 9.30. The molecule has 3 nitrogen and oxygen atoms in total. The number of rotatable bonds is 10. The van der Waals surface area contributed by atoms with E-state index in [4.69, 9.17) is 4.74 Å². The SMILES string of the molecule is CCc1cccc(OCCNCCN(CC)CC)c1. The van der Waals surface area contributed by atoms with Gasteiger partial charge in [0.2, 0.25) is 0 Å². The Labute approximate surface area is 118 Å². The molecule has 0 spiro atoms. The Hall–Kier alpha value is -1.06. The lowest BCUT2D eigenvalue weighted by atomic mass is 10.2. The number of hydrogen-bond donors (Lipinski definition) is 1. The van der Waals surface area contributed by atoms with Gasteiger partial charge in [0.15, 0.2) is 0 Å². The van der Waals surface area contributed by atoms with Crippen molar-refractivity contribution >= 4 is 0 Å². The molecular weight excluding hydrogens is 236 g/mol. The fraction of sp³-hybridized carbons (Fsp3) is 0.625. The van der Waals surface area contributed by atoms with Gasteiger partial charge in [-0.2, -0.15) is 0 Å². The second-order valence-corrected chi connectivity index (χ2v) is 4.63. The van der Waals surface area contributed by atoms with Crippen LogP contribution in [0.5, 0.6) is 5.75 Å². The quantitative estimate of drug-likeness (QED) is 0.657. The van der Waals surface area contributed by atoms with E-state index in [2.05, 4.69) is 49.2 Å². The summed E-state index contributed by atoms with van der Waals surface area (Å²) in [5.74, 6) is 0.977. The van der Waals surface area contributed by atoms with Crippen molar-refractivity contribution in [2.24, 2.45) is 0 Å². The summed E-state index contributed by atoms with van der Waals surface area (Å²) in [6.45, 7) is 12.6. The van der Waals surface area contributed by atoms with E-state index in [0.717, 1.165) is 51.5 Å². The summed E-state index contributed by atoms with van der Waals surface area (Å²) in [5, 5.41) is 3.42. The van der Waals surface area contributed by atoms with Crippen LogP contribution in [-0.4, -0.2) is 44.2 Å². The average molecular weight is 264 g/mol. The highest BCUT2D eigenvalue weighted by Crippen LogP contribution is 2.13. The molecule has 0 fully saturated rings. The summed E-state index contributed by atoms with van der Waals surface area (Å²) in [6.07, 6.45) is 1.05. The Morgan fingerprint density at radius 1 is 1.11 bits per heavy atom. The van der Waals surface area contributed by atoms with Crippen molar-refractivity contribution in [2.75, 3.05) is 39.3 Å². The third kappa shape index (κ3) is 6.60. The lowest BCUT2D eigenvalue weighted by molar-refractivity contribution is 0.285. The summed E-state index contributed by atoms with van der Waals surface area (Å²) in [6, 6.07) is 8.34. The zero-order valence-corrected chi connectivity index (χ0v) is 12.6. The second kappa shape index (κ2) is 9.82. The number of benzene rings is 1. The Bertz CT molecular complexity index is 337. The molecule has 0 atom stereocenters. The first-order valence-corrected chi connectivity index (χ1v) is 7.44. The molecule has 1 aromatic rings. The predicted octanol–water partition coefficient (Wildman–Crippen LogP) is 2.56. The molecule has 1 N–H and O–H groups in total. The normalized spacial score (nSPS) is 10.9. The van der Waals surface area contributed by atoms with Gasteiger partial charge in [0, 0.05) is 19.6 Å². The summed E-state index contributed by atoms with van der Waals surface area (Å²) in [7, 11) is 0. The van der Waals surface area contributed by atoms with Gasteiger partial charge in [-0.3, -0.25) is 0 Å². The van der Waals surface area contributed by atoms with Crippen LogP contribution >= 0.6 is 0 Å². The molecule has 1 rings (SSSR count). The van der Waals surface area contributed by atoms with Crippen molar-refractivity contribution in [2.45, 2.75) is 27.2 Å². The van der Waals surface area contributed by atoms with E-state index in [1.54, 1.807) is 0 Å². The van der Waals surface area contributed by atoms with Crippen molar-refractivity contribution in [3.63, 3.8) is 0 Å². The summed E-state index contributed by atoms with van der Waals surface area (Å²) < 4.78 is 5.73. The smallest absolute Gasteiger partial charge is 0.119 e. The van der Waals surface area contributed by atoms with E-state index in [1.807, 2.05) is 6.07 Å². The number of likely N-dealkylation sites (N-methyl/N-ethyl adjacent to an activating group) is 1.